The predicted octanol–water partition coefficient (Wildman–Crippen LogP) is 8.19. The molecule has 0 amide bonds. The second kappa shape index (κ2) is 8.88. The second-order valence-electron chi connectivity index (χ2n) is 7.37. The molecule has 0 radical (unpaired) electrons. The molecule has 0 bridgehead atoms. The Labute approximate surface area is 209 Å². The van der Waals surface area contributed by atoms with Crippen LogP contribution in [0.4, 0.5) is 0 Å². The molecule has 0 saturated carbocycles. The number of carbonyl (C=O) groups excluding carboxylic acids is 1. The monoisotopic (exact) mass is 514 g/mol. The molecule has 3 aromatic carbocycles. The zero-order valence-corrected chi connectivity index (χ0v) is 19.9. The average molecular weight is 516 g/mol. The van der Waals surface area contributed by atoms with Crippen LogP contribution < -0.4 is 0 Å². The molecule has 0 spiro atoms. The number of benzene rings is 3. The topological polar surface area (TPSA) is 48.0 Å². The Hall–Kier alpha value is -2.76. The molecule has 5 rings (SSSR count). The fourth-order valence-electron chi connectivity index (χ4n) is 3.71. The van der Waals surface area contributed by atoms with Crippen LogP contribution in [-0.2, 0) is 6.54 Å². The highest BCUT2D eigenvalue weighted by molar-refractivity contribution is 6.38. The molecule has 8 heteroatoms. The summed E-state index contributed by atoms with van der Waals surface area (Å²) in [6, 6.07) is 19.9. The van der Waals surface area contributed by atoms with Crippen molar-refractivity contribution in [1.82, 2.24) is 9.55 Å². The highest BCUT2D eigenvalue weighted by atomic mass is 35.5. The summed E-state index contributed by atoms with van der Waals surface area (Å²) in [4.78, 5) is 17.7. The minimum Gasteiger partial charge on any atom is -0.433 e. The number of oxazole rings is 1. The summed E-state index contributed by atoms with van der Waals surface area (Å²) in [5.74, 6) is -0.000469. The predicted molar refractivity (Wildman–Crippen MR) is 133 cm³/mol. The normalized spacial score (nSPS) is 11.3. The average Bonchev–Trinajstić information content (AvgIpc) is 3.39. The van der Waals surface area contributed by atoms with Crippen molar-refractivity contribution in [2.45, 2.75) is 6.54 Å². The maximum absolute atomic E-state index is 13.5. The van der Waals surface area contributed by atoms with Crippen LogP contribution in [0.25, 0.3) is 22.2 Å². The number of aromatic nitrogens is 2. The van der Waals surface area contributed by atoms with Gasteiger partial charge in [-0.3, -0.25) is 4.79 Å². The molecular weight excluding hydrogens is 502 g/mol. The van der Waals surface area contributed by atoms with Crippen molar-refractivity contribution in [3.8, 4) is 11.3 Å². The minimum atomic E-state index is -0.435. The van der Waals surface area contributed by atoms with Crippen LogP contribution in [0.15, 0.2) is 77.3 Å². The Balaban J connectivity index is 1.61. The van der Waals surface area contributed by atoms with Gasteiger partial charge in [-0.1, -0.05) is 82.8 Å². The van der Waals surface area contributed by atoms with E-state index in [1.165, 1.54) is 6.20 Å². The summed E-state index contributed by atoms with van der Waals surface area (Å²) in [5, 5.41) is 2.35. The van der Waals surface area contributed by atoms with E-state index < -0.39 is 5.78 Å². The van der Waals surface area contributed by atoms with Gasteiger partial charge in [0.05, 0.1) is 23.8 Å². The van der Waals surface area contributed by atoms with Gasteiger partial charge in [-0.2, -0.15) is 0 Å². The first kappa shape index (κ1) is 22.1. The lowest BCUT2D eigenvalue weighted by molar-refractivity contribution is 0.100. The molecule has 0 aliphatic heterocycles. The molecule has 0 unspecified atom stereocenters. The Morgan fingerprint density at radius 3 is 2.39 bits per heavy atom. The Morgan fingerprint density at radius 2 is 1.64 bits per heavy atom. The molecule has 2 aromatic heterocycles. The summed E-state index contributed by atoms with van der Waals surface area (Å²) in [7, 11) is 0. The highest BCUT2D eigenvalue weighted by Crippen LogP contribution is 2.35. The van der Waals surface area contributed by atoms with Gasteiger partial charge in [0.2, 0.25) is 0 Å². The molecule has 33 heavy (non-hydrogen) atoms. The van der Waals surface area contributed by atoms with Crippen LogP contribution in [0.3, 0.4) is 0 Å². The summed E-state index contributed by atoms with van der Waals surface area (Å²) < 4.78 is 7.58. The van der Waals surface area contributed by atoms with E-state index in [-0.39, 0.29) is 16.6 Å². The van der Waals surface area contributed by atoms with E-state index >= 15 is 0 Å². The Kier molecular flexibility index (Phi) is 5.94. The number of fused-ring (bicyclic) bond motifs is 1. The molecule has 0 atom stereocenters. The largest absolute Gasteiger partial charge is 0.433 e. The molecule has 0 fully saturated rings. The lowest BCUT2D eigenvalue weighted by Gasteiger charge is -2.09. The lowest BCUT2D eigenvalue weighted by Crippen LogP contribution is -2.04. The molecule has 2 heterocycles. The van der Waals surface area contributed by atoms with Gasteiger partial charge in [0, 0.05) is 26.0 Å². The van der Waals surface area contributed by atoms with Crippen molar-refractivity contribution in [2.24, 2.45) is 0 Å². The van der Waals surface area contributed by atoms with Crippen LogP contribution in [0.2, 0.25) is 20.2 Å². The number of halogens is 4. The van der Waals surface area contributed by atoms with Crippen LogP contribution >= 0.6 is 46.4 Å². The van der Waals surface area contributed by atoms with Gasteiger partial charge in [-0.15, -0.1) is 0 Å². The van der Waals surface area contributed by atoms with Gasteiger partial charge < -0.3 is 8.98 Å². The summed E-state index contributed by atoms with van der Waals surface area (Å²) >= 11 is 25.4. The number of ketones is 1. The van der Waals surface area contributed by atoms with Gasteiger partial charge in [0.15, 0.2) is 5.76 Å². The maximum atomic E-state index is 13.5. The van der Waals surface area contributed by atoms with E-state index in [9.17, 15) is 4.79 Å². The van der Waals surface area contributed by atoms with Gasteiger partial charge in [-0.25, -0.2) is 4.98 Å². The van der Waals surface area contributed by atoms with Crippen molar-refractivity contribution < 1.29 is 9.21 Å². The lowest BCUT2D eigenvalue weighted by atomic mass is 10.1. The third kappa shape index (κ3) is 4.16. The van der Waals surface area contributed by atoms with Crippen molar-refractivity contribution in [3.05, 3.63) is 110 Å². The summed E-state index contributed by atoms with van der Waals surface area (Å²) in [6.07, 6.45) is 1.52. The van der Waals surface area contributed by atoms with E-state index in [1.807, 2.05) is 42.5 Å². The first-order valence-corrected chi connectivity index (χ1v) is 11.4. The first-order chi connectivity index (χ1) is 15.9. The Bertz CT molecular complexity index is 1510. The number of carbonyl (C=O) groups is 1. The van der Waals surface area contributed by atoms with E-state index in [0.717, 1.165) is 16.6 Å². The zero-order valence-electron chi connectivity index (χ0n) is 16.9. The van der Waals surface area contributed by atoms with Gasteiger partial charge >= 0.3 is 0 Å². The smallest absolute Gasteiger partial charge is 0.268 e. The molecule has 0 aliphatic carbocycles. The van der Waals surface area contributed by atoms with Crippen molar-refractivity contribution in [3.63, 3.8) is 0 Å². The standard InChI is InChI=1S/C25H14Cl4N2O2/c26-16-8-9-20-18(10-16)22(24(29)31(20)13-15-6-7-17(27)11-19(15)28)23(32)25-30-12-21(33-25)14-4-2-1-3-5-14/h1-12H,13H2. The highest BCUT2D eigenvalue weighted by Gasteiger charge is 2.26. The number of nitrogens with zero attached hydrogens (tertiary/aromatic N) is 2. The molecule has 0 aliphatic rings. The SMILES string of the molecule is O=C(c1ncc(-c2ccccc2)o1)c1c(Cl)n(Cc2ccc(Cl)cc2Cl)c2ccc(Cl)cc12. The zero-order chi connectivity index (χ0) is 23.1. The van der Waals surface area contributed by atoms with E-state index in [0.29, 0.717) is 32.8 Å². The third-order valence-corrected chi connectivity index (χ3v) is 6.51. The van der Waals surface area contributed by atoms with E-state index in [2.05, 4.69) is 4.98 Å². The van der Waals surface area contributed by atoms with Crippen LogP contribution in [0.1, 0.15) is 21.8 Å². The Morgan fingerprint density at radius 1 is 0.909 bits per heavy atom. The quantitative estimate of drug-likeness (QED) is 0.221. The number of hydrogen-bond donors (Lipinski definition) is 0. The van der Waals surface area contributed by atoms with Crippen LogP contribution in [0.5, 0.6) is 0 Å². The van der Waals surface area contributed by atoms with Crippen LogP contribution in [-0.4, -0.2) is 15.3 Å². The molecule has 0 N–H and O–H groups in total. The van der Waals surface area contributed by atoms with Gasteiger partial charge in [0.25, 0.3) is 11.7 Å². The maximum Gasteiger partial charge on any atom is 0.268 e. The fraction of sp³-hybridized carbons (Fsp3) is 0.0400. The molecular formula is C25H14Cl4N2O2. The van der Waals surface area contributed by atoms with Gasteiger partial charge in [-0.05, 0) is 35.9 Å². The minimum absolute atomic E-state index is 0.0562. The first-order valence-electron chi connectivity index (χ1n) is 9.89. The fourth-order valence-corrected chi connectivity index (χ4v) is 4.69. The van der Waals surface area contributed by atoms with Crippen molar-refractivity contribution in [2.75, 3.05) is 0 Å². The van der Waals surface area contributed by atoms with E-state index in [1.54, 1.807) is 28.8 Å². The molecule has 5 aromatic rings. The number of hydrogen-bond acceptors (Lipinski definition) is 3. The number of rotatable bonds is 5. The summed E-state index contributed by atoms with van der Waals surface area (Å²) in [6.45, 7) is 0.334. The van der Waals surface area contributed by atoms with E-state index in [4.69, 9.17) is 50.8 Å². The van der Waals surface area contributed by atoms with Gasteiger partial charge in [0.1, 0.15) is 5.15 Å². The molecule has 164 valence electrons. The van der Waals surface area contributed by atoms with Crippen LogP contribution in [0, 0.1) is 0 Å². The van der Waals surface area contributed by atoms with Crippen molar-refractivity contribution in [1.29, 1.82) is 0 Å². The summed E-state index contributed by atoms with van der Waals surface area (Å²) in [5.41, 5.74) is 2.61. The molecule has 0 saturated heterocycles. The van der Waals surface area contributed by atoms with Crippen molar-refractivity contribution >= 4 is 63.1 Å². The molecule has 4 nitrogen and oxygen atoms in total. The third-order valence-electron chi connectivity index (χ3n) is 5.29. The second-order valence-corrected chi connectivity index (χ2v) is 9.01.